The maximum absolute atomic E-state index is 12.7. The van der Waals surface area contributed by atoms with Crippen molar-refractivity contribution in [2.75, 3.05) is 26.7 Å². The topological polar surface area (TPSA) is 65.1 Å². The third-order valence-corrected chi connectivity index (χ3v) is 3.98. The molecule has 1 atom stereocenters. The predicted molar refractivity (Wildman–Crippen MR) is 78.8 cm³/mol. The number of likely N-dealkylation sites (N-methyl/N-ethyl adjacent to an activating group) is 1. The van der Waals surface area contributed by atoms with Crippen LogP contribution in [-0.4, -0.2) is 57.3 Å². The van der Waals surface area contributed by atoms with E-state index in [4.69, 9.17) is 0 Å². The summed E-state index contributed by atoms with van der Waals surface area (Å²) >= 11 is 0. The number of aromatic amines is 1. The summed E-state index contributed by atoms with van der Waals surface area (Å²) in [7, 11) is 2.06. The minimum atomic E-state index is -0.00208. The fraction of sp³-hybridized carbons (Fsp3) is 0.400. The van der Waals surface area contributed by atoms with E-state index in [0.717, 1.165) is 17.9 Å². The number of nitrogens with one attached hydrogen (secondary N) is 1. The second kappa shape index (κ2) is 5.65. The maximum Gasteiger partial charge on any atom is 0.272 e. The normalized spacial score (nSPS) is 19.7. The van der Waals surface area contributed by atoms with Crippen LogP contribution in [0.3, 0.4) is 0 Å². The number of rotatable bonds is 2. The highest BCUT2D eigenvalue weighted by molar-refractivity contribution is 5.93. The number of imidazole rings is 1. The highest BCUT2D eigenvalue weighted by Crippen LogP contribution is 2.22. The Morgan fingerprint density at radius 3 is 2.90 bits per heavy atom. The van der Waals surface area contributed by atoms with Crippen LogP contribution in [0, 0.1) is 6.92 Å². The highest BCUT2D eigenvalue weighted by atomic mass is 16.2. The number of pyridine rings is 1. The van der Waals surface area contributed by atoms with Crippen molar-refractivity contribution in [2.45, 2.75) is 13.0 Å². The summed E-state index contributed by atoms with van der Waals surface area (Å²) in [5, 5.41) is 0. The van der Waals surface area contributed by atoms with Crippen LogP contribution in [0.2, 0.25) is 0 Å². The van der Waals surface area contributed by atoms with E-state index in [1.165, 1.54) is 0 Å². The first-order valence-corrected chi connectivity index (χ1v) is 7.07. The molecular weight excluding hydrogens is 266 g/mol. The molecule has 0 radical (unpaired) electrons. The number of amides is 1. The van der Waals surface area contributed by atoms with Crippen molar-refractivity contribution >= 4 is 5.91 Å². The molecule has 1 saturated heterocycles. The van der Waals surface area contributed by atoms with Crippen molar-refractivity contribution in [1.82, 2.24) is 24.8 Å². The molecule has 0 unspecified atom stereocenters. The summed E-state index contributed by atoms with van der Waals surface area (Å²) in [6.45, 7) is 4.07. The molecule has 1 N–H and O–H groups in total. The first-order valence-electron chi connectivity index (χ1n) is 7.07. The zero-order valence-corrected chi connectivity index (χ0v) is 12.3. The van der Waals surface area contributed by atoms with Crippen LogP contribution in [0.25, 0.3) is 0 Å². The van der Waals surface area contributed by atoms with Crippen molar-refractivity contribution in [3.63, 3.8) is 0 Å². The summed E-state index contributed by atoms with van der Waals surface area (Å²) in [6, 6.07) is 3.86. The van der Waals surface area contributed by atoms with Crippen LogP contribution in [0.5, 0.6) is 0 Å². The standard InChI is InChI=1S/C15H19N5O/c1-11-4-3-5-16-13(11)15(21)20-9-8-19(2)12(10-20)14-17-6-7-18-14/h3-7,12H,8-10H2,1-2H3,(H,17,18)/t12-/m0/s1. The molecule has 21 heavy (non-hydrogen) atoms. The first-order chi connectivity index (χ1) is 10.2. The molecule has 1 aliphatic heterocycles. The van der Waals surface area contributed by atoms with Gasteiger partial charge in [0.15, 0.2) is 0 Å². The van der Waals surface area contributed by atoms with Gasteiger partial charge < -0.3 is 9.88 Å². The lowest BCUT2D eigenvalue weighted by atomic mass is 10.1. The Bertz CT molecular complexity index is 625. The van der Waals surface area contributed by atoms with E-state index in [1.54, 1.807) is 12.4 Å². The number of hydrogen-bond acceptors (Lipinski definition) is 4. The molecule has 2 aromatic heterocycles. The van der Waals surface area contributed by atoms with Crippen molar-refractivity contribution in [3.05, 3.63) is 47.8 Å². The van der Waals surface area contributed by atoms with Gasteiger partial charge in [-0.15, -0.1) is 0 Å². The monoisotopic (exact) mass is 285 g/mol. The van der Waals surface area contributed by atoms with Crippen LogP contribution in [0.1, 0.15) is 27.9 Å². The Balaban J connectivity index is 1.80. The van der Waals surface area contributed by atoms with E-state index in [0.29, 0.717) is 18.8 Å². The number of carbonyl (C=O) groups excluding carboxylic acids is 1. The lowest BCUT2D eigenvalue weighted by Crippen LogP contribution is -2.49. The van der Waals surface area contributed by atoms with Gasteiger partial charge in [0.2, 0.25) is 0 Å². The largest absolute Gasteiger partial charge is 0.347 e. The molecule has 0 spiro atoms. The van der Waals surface area contributed by atoms with Gasteiger partial charge in [-0.1, -0.05) is 6.07 Å². The van der Waals surface area contributed by atoms with E-state index in [-0.39, 0.29) is 11.9 Å². The van der Waals surface area contributed by atoms with Gasteiger partial charge in [0, 0.05) is 38.2 Å². The third kappa shape index (κ3) is 2.67. The van der Waals surface area contributed by atoms with Gasteiger partial charge >= 0.3 is 0 Å². The van der Waals surface area contributed by atoms with Crippen molar-refractivity contribution in [1.29, 1.82) is 0 Å². The average Bonchev–Trinajstić information content (AvgIpc) is 3.01. The van der Waals surface area contributed by atoms with E-state index in [2.05, 4.69) is 26.9 Å². The molecule has 0 saturated carbocycles. The molecule has 0 bridgehead atoms. The molecule has 0 aromatic carbocycles. The molecule has 110 valence electrons. The Hall–Kier alpha value is -2.21. The molecule has 1 aliphatic rings. The van der Waals surface area contributed by atoms with Gasteiger partial charge in [-0.2, -0.15) is 0 Å². The number of piperazine rings is 1. The van der Waals surface area contributed by atoms with Gasteiger partial charge in [0.25, 0.3) is 5.91 Å². The molecular formula is C15H19N5O. The Labute approximate surface area is 123 Å². The Morgan fingerprint density at radius 1 is 1.33 bits per heavy atom. The lowest BCUT2D eigenvalue weighted by Gasteiger charge is -2.38. The molecule has 6 heteroatoms. The second-order valence-electron chi connectivity index (χ2n) is 5.39. The lowest BCUT2D eigenvalue weighted by molar-refractivity contribution is 0.0528. The first kappa shape index (κ1) is 13.8. The van der Waals surface area contributed by atoms with E-state index in [9.17, 15) is 4.79 Å². The minimum Gasteiger partial charge on any atom is -0.347 e. The zero-order valence-electron chi connectivity index (χ0n) is 12.3. The average molecular weight is 285 g/mol. The number of H-pyrrole nitrogens is 1. The molecule has 3 rings (SSSR count). The molecule has 0 aliphatic carbocycles. The van der Waals surface area contributed by atoms with E-state index in [1.807, 2.05) is 30.2 Å². The van der Waals surface area contributed by atoms with Gasteiger partial charge in [0.05, 0.1) is 6.04 Å². The van der Waals surface area contributed by atoms with E-state index < -0.39 is 0 Å². The van der Waals surface area contributed by atoms with Crippen molar-refractivity contribution in [2.24, 2.45) is 0 Å². The van der Waals surface area contributed by atoms with Crippen LogP contribution in [-0.2, 0) is 0 Å². The number of nitrogens with zero attached hydrogens (tertiary/aromatic N) is 4. The highest BCUT2D eigenvalue weighted by Gasteiger charge is 2.31. The SMILES string of the molecule is Cc1cccnc1C(=O)N1CCN(C)[C@H](c2ncc[nH]2)C1. The summed E-state index contributed by atoms with van der Waals surface area (Å²) in [4.78, 5) is 28.4. The van der Waals surface area contributed by atoms with E-state index >= 15 is 0 Å². The van der Waals surface area contributed by atoms with Crippen LogP contribution in [0.4, 0.5) is 0 Å². The van der Waals surface area contributed by atoms with Gasteiger partial charge in [-0.05, 0) is 25.6 Å². The minimum absolute atomic E-state index is 0.00208. The molecule has 1 fully saturated rings. The van der Waals surface area contributed by atoms with Gasteiger partial charge in [-0.25, -0.2) is 4.98 Å². The summed E-state index contributed by atoms with van der Waals surface area (Å²) in [5.74, 6) is 0.894. The van der Waals surface area contributed by atoms with Crippen molar-refractivity contribution < 1.29 is 4.79 Å². The maximum atomic E-state index is 12.7. The van der Waals surface area contributed by atoms with Gasteiger partial charge in [0.1, 0.15) is 11.5 Å². The summed E-state index contributed by atoms with van der Waals surface area (Å²) in [6.07, 6.45) is 5.22. The zero-order chi connectivity index (χ0) is 14.8. The van der Waals surface area contributed by atoms with Crippen LogP contribution in [0.15, 0.2) is 30.7 Å². The third-order valence-electron chi connectivity index (χ3n) is 3.98. The fourth-order valence-electron chi connectivity index (χ4n) is 2.67. The predicted octanol–water partition coefficient (Wildman–Crippen LogP) is 1.24. The Kier molecular flexibility index (Phi) is 3.70. The van der Waals surface area contributed by atoms with Gasteiger partial charge in [-0.3, -0.25) is 14.7 Å². The quantitative estimate of drug-likeness (QED) is 0.901. The molecule has 2 aromatic rings. The molecule has 3 heterocycles. The smallest absolute Gasteiger partial charge is 0.272 e. The van der Waals surface area contributed by atoms with Crippen LogP contribution >= 0.6 is 0 Å². The molecule has 6 nitrogen and oxygen atoms in total. The summed E-state index contributed by atoms with van der Waals surface area (Å²) in [5.41, 5.74) is 1.45. The number of carbonyl (C=O) groups is 1. The fourth-order valence-corrected chi connectivity index (χ4v) is 2.67. The summed E-state index contributed by atoms with van der Waals surface area (Å²) < 4.78 is 0. The number of hydrogen-bond donors (Lipinski definition) is 1. The number of aromatic nitrogens is 3. The number of aryl methyl sites for hydroxylation is 1. The van der Waals surface area contributed by atoms with Crippen molar-refractivity contribution in [3.8, 4) is 0 Å². The van der Waals surface area contributed by atoms with Crippen LogP contribution < -0.4 is 0 Å². The Morgan fingerprint density at radius 2 is 2.19 bits per heavy atom. The molecule has 1 amide bonds. The second-order valence-corrected chi connectivity index (χ2v) is 5.39.